The van der Waals surface area contributed by atoms with Gasteiger partial charge in [-0.05, 0) is 12.1 Å². The lowest BCUT2D eigenvalue weighted by atomic mass is 10.6. The minimum Gasteiger partial charge on any atom is -0.277 e. The first kappa shape index (κ1) is 7.63. The van der Waals surface area contributed by atoms with Crippen LogP contribution in [0.25, 0.3) is 0 Å². The van der Waals surface area contributed by atoms with Crippen molar-refractivity contribution in [3.63, 3.8) is 0 Å². The zero-order chi connectivity index (χ0) is 7.72. The fraction of sp³-hybridized carbons (Fsp3) is 0.333. The summed E-state index contributed by atoms with van der Waals surface area (Å²) in [6.45, 7) is 0. The van der Waals surface area contributed by atoms with Crippen molar-refractivity contribution < 1.29 is 0 Å². The average Bonchev–Trinajstić information content (AvgIpc) is 1.93. The first-order chi connectivity index (χ1) is 4.63. The quantitative estimate of drug-likeness (QED) is 0.552. The van der Waals surface area contributed by atoms with Gasteiger partial charge in [-0.15, -0.1) is 0 Å². The summed E-state index contributed by atoms with van der Waals surface area (Å²) in [5.74, 6) is 0. The van der Waals surface area contributed by atoms with Gasteiger partial charge in [0.2, 0.25) is 0 Å². The summed E-state index contributed by atoms with van der Waals surface area (Å²) in [5, 5.41) is 0. The van der Waals surface area contributed by atoms with E-state index in [-0.39, 0.29) is 0 Å². The molecule has 1 rings (SSSR count). The zero-order valence-corrected chi connectivity index (χ0v) is 7.50. The molecule has 0 saturated carbocycles. The van der Waals surface area contributed by atoms with E-state index in [0.717, 1.165) is 9.28 Å². The van der Waals surface area contributed by atoms with Gasteiger partial charge in [0.05, 0.1) is 0 Å². The molecular formula is C6H8N2S2. The zero-order valence-electron chi connectivity index (χ0n) is 5.87. The van der Waals surface area contributed by atoms with E-state index >= 15 is 0 Å². The lowest BCUT2D eigenvalue weighted by Gasteiger charge is -2.06. The van der Waals surface area contributed by atoms with Crippen LogP contribution >= 0.6 is 24.4 Å². The van der Waals surface area contributed by atoms with E-state index in [0.29, 0.717) is 0 Å². The van der Waals surface area contributed by atoms with Gasteiger partial charge in [0.1, 0.15) is 9.28 Å². The maximum atomic E-state index is 5.00. The van der Waals surface area contributed by atoms with Crippen molar-refractivity contribution in [3.8, 4) is 0 Å². The van der Waals surface area contributed by atoms with Gasteiger partial charge in [0, 0.05) is 14.1 Å². The molecule has 4 heteroatoms. The Morgan fingerprint density at radius 1 is 1.00 bits per heavy atom. The van der Waals surface area contributed by atoms with Gasteiger partial charge in [-0.2, -0.15) is 0 Å². The van der Waals surface area contributed by atoms with E-state index in [9.17, 15) is 0 Å². The molecule has 54 valence electrons. The molecule has 0 N–H and O–H groups in total. The van der Waals surface area contributed by atoms with Crippen molar-refractivity contribution >= 4 is 24.4 Å². The molecule has 0 saturated heterocycles. The van der Waals surface area contributed by atoms with Crippen molar-refractivity contribution in [2.24, 2.45) is 14.1 Å². The highest BCUT2D eigenvalue weighted by molar-refractivity contribution is 7.71. The van der Waals surface area contributed by atoms with E-state index < -0.39 is 0 Å². The molecule has 0 unspecified atom stereocenters. The largest absolute Gasteiger partial charge is 0.277 e. The molecule has 0 spiro atoms. The van der Waals surface area contributed by atoms with Crippen molar-refractivity contribution in [2.75, 3.05) is 0 Å². The standard InChI is InChI=1S/C6H8N2S2/c1-7-5(9)3-4-6(10)8(7)2/h3-4H,1-2H3. The van der Waals surface area contributed by atoms with Crippen LogP contribution < -0.4 is 0 Å². The minimum absolute atomic E-state index is 0.788. The lowest BCUT2D eigenvalue weighted by Crippen LogP contribution is -2.09. The summed E-state index contributed by atoms with van der Waals surface area (Å²) in [6, 6.07) is 3.66. The number of rotatable bonds is 0. The smallest absolute Gasteiger partial charge is 0.120 e. The highest BCUT2D eigenvalue weighted by Crippen LogP contribution is 1.91. The van der Waals surface area contributed by atoms with E-state index in [2.05, 4.69) is 0 Å². The molecule has 1 aromatic rings. The Kier molecular flexibility index (Phi) is 2.01. The first-order valence-electron chi connectivity index (χ1n) is 2.86. The van der Waals surface area contributed by atoms with Gasteiger partial charge in [0.25, 0.3) is 0 Å². The van der Waals surface area contributed by atoms with E-state index in [4.69, 9.17) is 24.4 Å². The number of hydrogen-bond acceptors (Lipinski definition) is 2. The molecule has 1 aromatic heterocycles. The minimum atomic E-state index is 0.788. The molecule has 2 nitrogen and oxygen atoms in total. The van der Waals surface area contributed by atoms with Crippen LogP contribution in [-0.4, -0.2) is 9.36 Å². The Bertz CT molecular complexity index is 313. The van der Waals surface area contributed by atoms with Gasteiger partial charge in [-0.25, -0.2) is 0 Å². The predicted molar refractivity (Wildman–Crippen MR) is 46.1 cm³/mol. The molecule has 0 aliphatic rings. The molecule has 1 heterocycles. The van der Waals surface area contributed by atoms with Crippen LogP contribution in [0.3, 0.4) is 0 Å². The Morgan fingerprint density at radius 3 is 1.60 bits per heavy atom. The normalized spacial score (nSPS) is 9.80. The SMILES string of the molecule is Cn1c(=S)ccc(=S)n1C. The summed E-state index contributed by atoms with van der Waals surface area (Å²) in [5.41, 5.74) is 0. The lowest BCUT2D eigenvalue weighted by molar-refractivity contribution is 0.556. The van der Waals surface area contributed by atoms with Crippen LogP contribution in [0.15, 0.2) is 12.1 Å². The van der Waals surface area contributed by atoms with Gasteiger partial charge in [0.15, 0.2) is 0 Å². The highest BCUT2D eigenvalue weighted by atomic mass is 32.1. The van der Waals surface area contributed by atoms with Crippen LogP contribution in [0.4, 0.5) is 0 Å². The molecule has 0 fully saturated rings. The molecule has 10 heavy (non-hydrogen) atoms. The van der Waals surface area contributed by atoms with Gasteiger partial charge >= 0.3 is 0 Å². The van der Waals surface area contributed by atoms with Crippen LogP contribution in [0.1, 0.15) is 0 Å². The third-order valence-electron chi connectivity index (χ3n) is 1.46. The third kappa shape index (κ3) is 1.17. The number of aromatic nitrogens is 2. The van der Waals surface area contributed by atoms with Crippen LogP contribution in [0, 0.1) is 9.28 Å². The summed E-state index contributed by atoms with van der Waals surface area (Å²) < 4.78 is 5.24. The average molecular weight is 172 g/mol. The van der Waals surface area contributed by atoms with Gasteiger partial charge in [-0.3, -0.25) is 9.36 Å². The molecule has 0 aliphatic carbocycles. The fourth-order valence-corrected chi connectivity index (χ4v) is 1.04. The van der Waals surface area contributed by atoms with Crippen molar-refractivity contribution in [2.45, 2.75) is 0 Å². The maximum absolute atomic E-state index is 5.00. The second-order valence-electron chi connectivity index (χ2n) is 2.06. The maximum Gasteiger partial charge on any atom is 0.120 e. The molecule has 0 amide bonds. The Labute approximate surface area is 69.7 Å². The highest BCUT2D eigenvalue weighted by Gasteiger charge is 1.87. The Balaban J connectivity index is 3.65. The molecular weight excluding hydrogens is 164 g/mol. The van der Waals surface area contributed by atoms with Crippen molar-refractivity contribution in [3.05, 3.63) is 21.4 Å². The summed E-state index contributed by atoms with van der Waals surface area (Å²) in [7, 11) is 3.77. The number of hydrogen-bond donors (Lipinski definition) is 0. The van der Waals surface area contributed by atoms with E-state index in [1.165, 1.54) is 0 Å². The molecule has 0 aliphatic heterocycles. The Hall–Kier alpha value is -0.480. The molecule has 0 bridgehead atoms. The first-order valence-corrected chi connectivity index (χ1v) is 3.68. The second-order valence-corrected chi connectivity index (χ2v) is 2.89. The number of nitrogens with zero attached hydrogens (tertiary/aromatic N) is 2. The second kappa shape index (κ2) is 2.64. The van der Waals surface area contributed by atoms with Crippen LogP contribution in [0.5, 0.6) is 0 Å². The van der Waals surface area contributed by atoms with Crippen molar-refractivity contribution in [1.82, 2.24) is 9.36 Å². The molecule has 0 atom stereocenters. The summed E-state index contributed by atoms with van der Waals surface area (Å²) in [6.07, 6.45) is 0. The Morgan fingerprint density at radius 2 is 1.30 bits per heavy atom. The van der Waals surface area contributed by atoms with Crippen LogP contribution in [-0.2, 0) is 14.1 Å². The van der Waals surface area contributed by atoms with E-state index in [1.54, 1.807) is 0 Å². The van der Waals surface area contributed by atoms with E-state index in [1.807, 2.05) is 35.6 Å². The monoisotopic (exact) mass is 172 g/mol. The molecule has 0 radical (unpaired) electrons. The van der Waals surface area contributed by atoms with Gasteiger partial charge < -0.3 is 0 Å². The van der Waals surface area contributed by atoms with Crippen molar-refractivity contribution in [1.29, 1.82) is 0 Å². The molecule has 0 aromatic carbocycles. The predicted octanol–water partition coefficient (Wildman–Crippen LogP) is 1.82. The topological polar surface area (TPSA) is 9.86 Å². The van der Waals surface area contributed by atoms with Gasteiger partial charge in [-0.1, -0.05) is 24.4 Å². The third-order valence-corrected chi connectivity index (χ3v) is 2.26. The summed E-state index contributed by atoms with van der Waals surface area (Å²) >= 11 is 9.99. The fourth-order valence-electron chi connectivity index (χ4n) is 0.654. The summed E-state index contributed by atoms with van der Waals surface area (Å²) in [4.78, 5) is 0. The van der Waals surface area contributed by atoms with Crippen LogP contribution in [0.2, 0.25) is 0 Å².